The monoisotopic (exact) mass is 466 g/mol. The van der Waals surface area contributed by atoms with Crippen molar-refractivity contribution >= 4 is 35.2 Å². The van der Waals surface area contributed by atoms with E-state index < -0.39 is 18.5 Å². The molecule has 0 bridgehead atoms. The SMILES string of the molecule is N#CCOc1ccc(/C=C/C(=O)OCC(=O)Nc2ccc3c(c2)C(=O)c2ccccc2C3=O)cc1. The lowest BCUT2D eigenvalue weighted by molar-refractivity contribution is -0.142. The molecule has 8 heteroatoms. The van der Waals surface area contributed by atoms with E-state index in [1.54, 1.807) is 48.5 Å². The van der Waals surface area contributed by atoms with Gasteiger partial charge in [0.2, 0.25) is 0 Å². The molecule has 0 aliphatic heterocycles. The van der Waals surface area contributed by atoms with Crippen molar-refractivity contribution in [3.63, 3.8) is 0 Å². The van der Waals surface area contributed by atoms with Gasteiger partial charge in [0.15, 0.2) is 24.8 Å². The molecule has 1 amide bonds. The third-order valence-corrected chi connectivity index (χ3v) is 5.15. The summed E-state index contributed by atoms with van der Waals surface area (Å²) in [6, 6.07) is 19.6. The number of hydrogen-bond donors (Lipinski definition) is 1. The number of amides is 1. The largest absolute Gasteiger partial charge is 0.479 e. The topological polar surface area (TPSA) is 123 Å². The lowest BCUT2D eigenvalue weighted by Gasteiger charge is -2.18. The summed E-state index contributed by atoms with van der Waals surface area (Å²) in [6.45, 7) is -0.589. The first-order valence-corrected chi connectivity index (χ1v) is 10.5. The van der Waals surface area contributed by atoms with Gasteiger partial charge in [-0.2, -0.15) is 5.26 Å². The lowest BCUT2D eigenvalue weighted by Crippen LogP contribution is -2.23. The standard InChI is InChI=1S/C27H18N2O6/c28-13-14-34-19-9-5-17(6-10-19)7-12-25(31)35-16-24(30)29-18-8-11-22-23(15-18)27(33)21-4-2-1-3-20(21)26(22)32/h1-12,15H,14,16H2,(H,29,30)/b12-7+. The minimum atomic E-state index is -0.715. The Labute approximate surface area is 200 Å². The van der Waals surface area contributed by atoms with E-state index in [0.29, 0.717) is 28.1 Å². The van der Waals surface area contributed by atoms with Gasteiger partial charge in [-0.15, -0.1) is 0 Å². The van der Waals surface area contributed by atoms with E-state index in [1.165, 1.54) is 30.4 Å². The van der Waals surface area contributed by atoms with Crippen molar-refractivity contribution in [2.45, 2.75) is 0 Å². The van der Waals surface area contributed by atoms with Crippen molar-refractivity contribution in [2.24, 2.45) is 0 Å². The Kier molecular flexibility index (Phi) is 6.79. The van der Waals surface area contributed by atoms with Crippen LogP contribution in [0.3, 0.4) is 0 Å². The molecule has 1 aliphatic carbocycles. The molecule has 3 aromatic rings. The zero-order chi connectivity index (χ0) is 24.8. The molecule has 0 aromatic heterocycles. The summed E-state index contributed by atoms with van der Waals surface area (Å²) in [7, 11) is 0. The maximum Gasteiger partial charge on any atom is 0.331 e. The zero-order valence-electron chi connectivity index (χ0n) is 18.3. The number of ether oxygens (including phenoxy) is 2. The first kappa shape index (κ1) is 23.1. The number of carbonyl (C=O) groups is 4. The smallest absolute Gasteiger partial charge is 0.331 e. The number of nitriles is 1. The van der Waals surface area contributed by atoms with Gasteiger partial charge in [0, 0.05) is 34.0 Å². The predicted octanol–water partition coefficient (Wildman–Crippen LogP) is 3.56. The van der Waals surface area contributed by atoms with Crippen LogP contribution in [0.1, 0.15) is 37.4 Å². The molecule has 0 radical (unpaired) electrons. The van der Waals surface area contributed by atoms with Gasteiger partial charge in [-0.1, -0.05) is 36.4 Å². The van der Waals surface area contributed by atoms with Crippen molar-refractivity contribution in [1.82, 2.24) is 0 Å². The second kappa shape index (κ2) is 10.3. The second-order valence-corrected chi connectivity index (χ2v) is 7.47. The molecule has 0 atom stereocenters. The molecule has 0 fully saturated rings. The highest BCUT2D eigenvalue weighted by molar-refractivity contribution is 6.28. The summed E-state index contributed by atoms with van der Waals surface area (Å²) >= 11 is 0. The highest BCUT2D eigenvalue weighted by atomic mass is 16.5. The molecule has 8 nitrogen and oxygen atoms in total. The summed E-state index contributed by atoms with van der Waals surface area (Å²) in [5.41, 5.74) is 2.15. The number of carbonyl (C=O) groups excluding carboxylic acids is 4. The van der Waals surface area contributed by atoms with E-state index in [0.717, 1.165) is 0 Å². The second-order valence-electron chi connectivity index (χ2n) is 7.47. The number of benzene rings is 3. The van der Waals surface area contributed by atoms with Crippen molar-refractivity contribution in [3.05, 3.63) is 101 Å². The molecule has 35 heavy (non-hydrogen) atoms. The fourth-order valence-electron chi connectivity index (χ4n) is 3.51. The Morgan fingerprint density at radius 3 is 2.23 bits per heavy atom. The molecule has 0 unspecified atom stereocenters. The quantitative estimate of drug-likeness (QED) is 0.326. The molecule has 172 valence electrons. The summed E-state index contributed by atoms with van der Waals surface area (Å²) in [4.78, 5) is 49.6. The van der Waals surface area contributed by atoms with Crippen molar-refractivity contribution in [1.29, 1.82) is 5.26 Å². The number of nitrogens with one attached hydrogen (secondary N) is 1. The molecule has 3 aromatic carbocycles. The number of anilines is 1. The molecular formula is C27H18N2O6. The average Bonchev–Trinajstić information content (AvgIpc) is 2.88. The maximum atomic E-state index is 12.8. The molecule has 0 spiro atoms. The van der Waals surface area contributed by atoms with Crippen LogP contribution in [0.5, 0.6) is 5.75 Å². The summed E-state index contributed by atoms with van der Waals surface area (Å²) in [5.74, 6) is -1.33. The molecule has 1 aliphatic rings. The Hall–Kier alpha value is -5.03. The summed E-state index contributed by atoms with van der Waals surface area (Å²) in [5, 5.41) is 11.1. The first-order chi connectivity index (χ1) is 17.0. The molecular weight excluding hydrogens is 448 g/mol. The predicted molar refractivity (Wildman–Crippen MR) is 126 cm³/mol. The number of rotatable bonds is 7. The van der Waals surface area contributed by atoms with Crippen LogP contribution in [0, 0.1) is 11.3 Å². The van der Waals surface area contributed by atoms with Gasteiger partial charge < -0.3 is 14.8 Å². The van der Waals surface area contributed by atoms with E-state index in [-0.39, 0.29) is 29.3 Å². The third kappa shape index (κ3) is 5.31. The molecule has 0 saturated heterocycles. The first-order valence-electron chi connectivity index (χ1n) is 10.5. The minimum absolute atomic E-state index is 0.0581. The van der Waals surface area contributed by atoms with E-state index in [9.17, 15) is 19.2 Å². The van der Waals surface area contributed by atoms with E-state index in [1.807, 2.05) is 6.07 Å². The van der Waals surface area contributed by atoms with Gasteiger partial charge in [-0.05, 0) is 42.0 Å². The van der Waals surface area contributed by atoms with Gasteiger partial charge in [0.05, 0.1) is 0 Å². The van der Waals surface area contributed by atoms with Crippen LogP contribution in [-0.4, -0.2) is 36.7 Å². The molecule has 4 rings (SSSR count). The minimum Gasteiger partial charge on any atom is -0.479 e. The van der Waals surface area contributed by atoms with Gasteiger partial charge in [0.25, 0.3) is 5.91 Å². The average molecular weight is 466 g/mol. The van der Waals surface area contributed by atoms with Gasteiger partial charge in [-0.3, -0.25) is 14.4 Å². The van der Waals surface area contributed by atoms with Gasteiger partial charge in [-0.25, -0.2) is 4.79 Å². The number of fused-ring (bicyclic) bond motifs is 2. The Morgan fingerprint density at radius 2 is 1.54 bits per heavy atom. The van der Waals surface area contributed by atoms with Gasteiger partial charge >= 0.3 is 5.97 Å². The Morgan fingerprint density at radius 1 is 0.886 bits per heavy atom. The summed E-state index contributed by atoms with van der Waals surface area (Å²) in [6.07, 6.45) is 2.69. The van der Waals surface area contributed by atoms with Crippen LogP contribution in [0.2, 0.25) is 0 Å². The number of ketones is 2. The number of nitrogens with zero attached hydrogens (tertiary/aromatic N) is 1. The van der Waals surface area contributed by atoms with E-state index >= 15 is 0 Å². The molecule has 0 heterocycles. The normalized spacial score (nSPS) is 11.9. The zero-order valence-corrected chi connectivity index (χ0v) is 18.3. The van der Waals surface area contributed by atoms with Crippen LogP contribution >= 0.6 is 0 Å². The highest BCUT2D eigenvalue weighted by Gasteiger charge is 2.29. The molecule has 1 N–H and O–H groups in total. The van der Waals surface area contributed by atoms with Crippen molar-refractivity contribution in [3.8, 4) is 11.8 Å². The third-order valence-electron chi connectivity index (χ3n) is 5.15. The van der Waals surface area contributed by atoms with Crippen molar-refractivity contribution < 1.29 is 28.7 Å². The number of hydrogen-bond acceptors (Lipinski definition) is 7. The Balaban J connectivity index is 1.32. The van der Waals surface area contributed by atoms with Crippen LogP contribution < -0.4 is 10.1 Å². The number of esters is 1. The Bertz CT molecular complexity index is 1400. The van der Waals surface area contributed by atoms with Crippen LogP contribution in [0.4, 0.5) is 5.69 Å². The maximum absolute atomic E-state index is 12.8. The fourth-order valence-corrected chi connectivity index (χ4v) is 3.51. The van der Waals surface area contributed by atoms with E-state index in [4.69, 9.17) is 14.7 Å². The van der Waals surface area contributed by atoms with Crippen LogP contribution in [0.15, 0.2) is 72.8 Å². The summed E-state index contributed by atoms with van der Waals surface area (Å²) < 4.78 is 10.1. The highest BCUT2D eigenvalue weighted by Crippen LogP contribution is 2.29. The molecule has 0 saturated carbocycles. The van der Waals surface area contributed by atoms with Gasteiger partial charge in [0.1, 0.15) is 11.8 Å². The van der Waals surface area contributed by atoms with Crippen LogP contribution in [0.25, 0.3) is 6.08 Å². The van der Waals surface area contributed by atoms with Crippen molar-refractivity contribution in [2.75, 3.05) is 18.5 Å². The van der Waals surface area contributed by atoms with E-state index in [2.05, 4.69) is 5.32 Å². The lowest BCUT2D eigenvalue weighted by atomic mass is 9.84. The van der Waals surface area contributed by atoms with Crippen LogP contribution in [-0.2, 0) is 14.3 Å². The fraction of sp³-hybridized carbons (Fsp3) is 0.0741.